The van der Waals surface area contributed by atoms with Gasteiger partial charge < -0.3 is 0 Å². The molecule has 0 aliphatic heterocycles. The van der Waals surface area contributed by atoms with Gasteiger partial charge in [0.1, 0.15) is 0 Å². The standard InChI is InChI=1S/C15H12NO4P/c17-13(11-7-3-1-4-8-11)14(18)16-15(21(19)20)12-9-5-2-6-10-12/h1-10,15H,(H-,16,18,19,20)/p+1/t15-/m1/s1. The summed E-state index contributed by atoms with van der Waals surface area (Å²) >= 11 is 0. The summed E-state index contributed by atoms with van der Waals surface area (Å²) in [6, 6.07) is 16.4. The van der Waals surface area contributed by atoms with Gasteiger partial charge >= 0.3 is 8.03 Å². The van der Waals surface area contributed by atoms with Gasteiger partial charge in [0, 0.05) is 11.1 Å². The number of hydrogen-bond acceptors (Lipinski definition) is 3. The average Bonchev–Trinajstić information content (AvgIpc) is 2.53. The Labute approximate surface area is 122 Å². The molecule has 0 saturated heterocycles. The third-order valence-electron chi connectivity index (χ3n) is 2.85. The second-order valence-corrected chi connectivity index (χ2v) is 5.41. The predicted octanol–water partition coefficient (Wildman–Crippen LogP) is 2.42. The van der Waals surface area contributed by atoms with Crippen LogP contribution in [0.4, 0.5) is 0 Å². The molecule has 2 N–H and O–H groups in total. The highest BCUT2D eigenvalue weighted by atomic mass is 31.1. The first-order valence-corrected chi connectivity index (χ1v) is 7.48. The quantitative estimate of drug-likeness (QED) is 0.505. The van der Waals surface area contributed by atoms with Crippen molar-refractivity contribution in [2.24, 2.45) is 0 Å². The predicted molar refractivity (Wildman–Crippen MR) is 77.9 cm³/mol. The van der Waals surface area contributed by atoms with E-state index in [1.54, 1.807) is 48.5 Å². The Kier molecular flexibility index (Phi) is 4.93. The van der Waals surface area contributed by atoms with Crippen LogP contribution in [0.3, 0.4) is 0 Å². The van der Waals surface area contributed by atoms with Crippen LogP contribution in [-0.4, -0.2) is 16.6 Å². The van der Waals surface area contributed by atoms with Gasteiger partial charge in [0.2, 0.25) is 5.78 Å². The number of carbonyl (C=O) groups is 2. The summed E-state index contributed by atoms with van der Waals surface area (Å²) in [5.41, 5.74) is 0.699. The van der Waals surface area contributed by atoms with Crippen LogP contribution in [0.1, 0.15) is 21.7 Å². The van der Waals surface area contributed by atoms with E-state index < -0.39 is 25.5 Å². The van der Waals surface area contributed by atoms with Gasteiger partial charge in [-0.1, -0.05) is 60.7 Å². The maximum absolute atomic E-state index is 11.9. The van der Waals surface area contributed by atoms with Gasteiger partial charge in [-0.05, 0) is 4.57 Å². The number of benzene rings is 2. The molecular weight excluding hydrogens is 289 g/mol. The second kappa shape index (κ2) is 6.88. The van der Waals surface area contributed by atoms with E-state index in [0.29, 0.717) is 5.56 Å². The lowest BCUT2D eigenvalue weighted by Crippen LogP contribution is -2.33. The van der Waals surface area contributed by atoms with E-state index in [1.165, 1.54) is 12.1 Å². The van der Waals surface area contributed by atoms with Crippen molar-refractivity contribution in [2.45, 2.75) is 5.78 Å². The number of rotatable bonds is 5. The SMILES string of the molecule is O=C(N[C@@H](c1ccccc1)[P+](=O)O)C(=O)c1ccccc1. The first kappa shape index (κ1) is 15.0. The zero-order chi connectivity index (χ0) is 15.2. The van der Waals surface area contributed by atoms with E-state index >= 15 is 0 Å². The highest BCUT2D eigenvalue weighted by Crippen LogP contribution is 2.34. The maximum Gasteiger partial charge on any atom is 0.535 e. The summed E-state index contributed by atoms with van der Waals surface area (Å²) in [7, 11) is -2.70. The Morgan fingerprint density at radius 3 is 2.00 bits per heavy atom. The highest BCUT2D eigenvalue weighted by molar-refractivity contribution is 7.38. The monoisotopic (exact) mass is 302 g/mol. The topological polar surface area (TPSA) is 83.5 Å². The molecule has 0 bridgehead atoms. The van der Waals surface area contributed by atoms with Crippen LogP contribution in [0, 0.1) is 0 Å². The molecule has 106 valence electrons. The van der Waals surface area contributed by atoms with Crippen LogP contribution >= 0.6 is 8.03 Å². The van der Waals surface area contributed by atoms with Crippen molar-refractivity contribution >= 4 is 19.7 Å². The van der Waals surface area contributed by atoms with E-state index in [9.17, 15) is 19.0 Å². The minimum absolute atomic E-state index is 0.231. The lowest BCUT2D eigenvalue weighted by molar-refractivity contribution is -0.117. The largest absolute Gasteiger partial charge is 0.535 e. The number of carbonyl (C=O) groups excluding carboxylic acids is 2. The Hall–Kier alpha value is -2.36. The van der Waals surface area contributed by atoms with Gasteiger partial charge in [0.05, 0.1) is 0 Å². The number of Topliss-reactive ketones (excluding diaryl/α,β-unsaturated/α-hetero) is 1. The van der Waals surface area contributed by atoms with E-state index in [4.69, 9.17) is 0 Å². The molecule has 2 aromatic rings. The molecule has 0 aromatic heterocycles. The normalized spacial score (nSPS) is 12.3. The van der Waals surface area contributed by atoms with Crippen LogP contribution in [0.2, 0.25) is 0 Å². The summed E-state index contributed by atoms with van der Waals surface area (Å²) in [6.45, 7) is 0. The Morgan fingerprint density at radius 2 is 1.48 bits per heavy atom. The summed E-state index contributed by atoms with van der Waals surface area (Å²) < 4.78 is 11.4. The van der Waals surface area contributed by atoms with Crippen LogP contribution in [0.5, 0.6) is 0 Å². The average molecular weight is 302 g/mol. The Bertz CT molecular complexity index is 658. The Balaban J connectivity index is 2.16. The smallest absolute Gasteiger partial charge is 0.299 e. The molecule has 1 unspecified atom stereocenters. The molecule has 2 rings (SSSR count). The first-order valence-electron chi connectivity index (χ1n) is 6.20. The number of nitrogens with one attached hydrogen (secondary N) is 1. The fourth-order valence-corrected chi connectivity index (χ4v) is 2.47. The molecule has 0 aliphatic carbocycles. The lowest BCUT2D eigenvalue weighted by atomic mass is 10.1. The summed E-state index contributed by atoms with van der Waals surface area (Å²) in [6.07, 6.45) is 0. The third kappa shape index (κ3) is 3.81. The van der Waals surface area contributed by atoms with Crippen molar-refractivity contribution in [3.8, 4) is 0 Å². The second-order valence-electron chi connectivity index (χ2n) is 4.28. The van der Waals surface area contributed by atoms with Gasteiger partial charge in [0.15, 0.2) is 0 Å². The molecule has 0 heterocycles. The number of hydrogen-bond donors (Lipinski definition) is 2. The van der Waals surface area contributed by atoms with Gasteiger partial charge in [-0.2, -0.15) is 4.89 Å². The maximum atomic E-state index is 11.9. The van der Waals surface area contributed by atoms with E-state index in [0.717, 1.165) is 0 Å². The fraction of sp³-hybridized carbons (Fsp3) is 0.0667. The van der Waals surface area contributed by atoms with Crippen LogP contribution in [-0.2, 0) is 9.36 Å². The van der Waals surface area contributed by atoms with Crippen molar-refractivity contribution in [3.63, 3.8) is 0 Å². The molecule has 2 atom stereocenters. The summed E-state index contributed by atoms with van der Waals surface area (Å²) in [4.78, 5) is 33.2. The van der Waals surface area contributed by atoms with Crippen molar-refractivity contribution in [1.82, 2.24) is 5.32 Å². The van der Waals surface area contributed by atoms with Crippen LogP contribution in [0.25, 0.3) is 0 Å². The summed E-state index contributed by atoms with van der Waals surface area (Å²) in [5, 5.41) is 2.31. The van der Waals surface area contributed by atoms with Crippen molar-refractivity contribution in [2.75, 3.05) is 0 Å². The minimum Gasteiger partial charge on any atom is -0.299 e. The minimum atomic E-state index is -2.70. The molecular formula is C15H13NO4P+. The van der Waals surface area contributed by atoms with Crippen LogP contribution in [0.15, 0.2) is 60.7 Å². The molecule has 0 aliphatic rings. The molecule has 2 aromatic carbocycles. The van der Waals surface area contributed by atoms with Gasteiger partial charge in [-0.15, -0.1) is 0 Å². The third-order valence-corrected chi connectivity index (χ3v) is 3.72. The molecule has 0 saturated carbocycles. The van der Waals surface area contributed by atoms with Crippen molar-refractivity contribution in [1.29, 1.82) is 0 Å². The molecule has 21 heavy (non-hydrogen) atoms. The van der Waals surface area contributed by atoms with Crippen molar-refractivity contribution < 1.29 is 19.0 Å². The fourth-order valence-electron chi connectivity index (χ4n) is 1.81. The highest BCUT2D eigenvalue weighted by Gasteiger charge is 2.34. The van der Waals surface area contributed by atoms with Gasteiger partial charge in [0.25, 0.3) is 11.7 Å². The molecule has 6 heteroatoms. The zero-order valence-electron chi connectivity index (χ0n) is 11.0. The van der Waals surface area contributed by atoms with Crippen molar-refractivity contribution in [3.05, 3.63) is 71.8 Å². The van der Waals surface area contributed by atoms with E-state index in [1.807, 2.05) is 0 Å². The van der Waals surface area contributed by atoms with Gasteiger partial charge in [-0.3, -0.25) is 14.9 Å². The van der Waals surface area contributed by atoms with Gasteiger partial charge in [-0.25, -0.2) is 0 Å². The molecule has 1 amide bonds. The zero-order valence-corrected chi connectivity index (χ0v) is 11.9. The molecule has 0 fully saturated rings. The first-order chi connectivity index (χ1) is 10.1. The molecule has 0 spiro atoms. The molecule has 5 nitrogen and oxygen atoms in total. The lowest BCUT2D eigenvalue weighted by Gasteiger charge is -2.07. The number of amides is 1. The van der Waals surface area contributed by atoms with Crippen LogP contribution < -0.4 is 5.32 Å². The van der Waals surface area contributed by atoms with E-state index in [2.05, 4.69) is 5.32 Å². The summed E-state index contributed by atoms with van der Waals surface area (Å²) in [5.74, 6) is -2.76. The van der Waals surface area contributed by atoms with E-state index in [-0.39, 0.29) is 5.56 Å². The number of ketones is 1. The Morgan fingerprint density at radius 1 is 0.952 bits per heavy atom. The molecule has 0 radical (unpaired) electrons.